The summed E-state index contributed by atoms with van der Waals surface area (Å²) in [6.07, 6.45) is 0. The molecule has 0 N–H and O–H groups in total. The van der Waals surface area contributed by atoms with E-state index in [4.69, 9.17) is 0 Å². The Bertz CT molecular complexity index is 165. The van der Waals surface area contributed by atoms with Crippen molar-refractivity contribution in [2.24, 2.45) is 0 Å². The summed E-state index contributed by atoms with van der Waals surface area (Å²) in [5.74, 6) is 0. The molecule has 0 heterocycles. The van der Waals surface area contributed by atoms with Gasteiger partial charge in [-0.05, 0) is 0 Å². The molecule has 0 amide bonds. The second kappa shape index (κ2) is 13.0. The van der Waals surface area contributed by atoms with Crippen LogP contribution in [0.15, 0.2) is 60.7 Å². The van der Waals surface area contributed by atoms with Crippen molar-refractivity contribution in [1.29, 1.82) is 0 Å². The Morgan fingerprint density at radius 2 is 0.923 bits per heavy atom. The average molecular weight is 475 g/mol. The summed E-state index contributed by atoms with van der Waals surface area (Å²) in [4.78, 5) is 0. The van der Waals surface area contributed by atoms with Crippen molar-refractivity contribution < 1.29 is 14.9 Å². The monoisotopic (exact) mass is 474 g/mol. The molecule has 2 rings (SSSR count). The second-order valence-corrected chi connectivity index (χ2v) is 20.9. The molecule has 0 saturated heterocycles. The van der Waals surface area contributed by atoms with Crippen LogP contribution in [0.3, 0.4) is 0 Å². The summed E-state index contributed by atoms with van der Waals surface area (Å²) >= 11 is 5.06. The van der Waals surface area contributed by atoms with Crippen LogP contribution < -0.4 is 0 Å². The molecule has 0 bridgehead atoms. The Labute approximate surface area is 110 Å². The van der Waals surface area contributed by atoms with E-state index in [1.807, 2.05) is 60.7 Å². The first kappa shape index (κ1) is 14.0. The smallest absolute Gasteiger partial charge is 0.172 e. The van der Waals surface area contributed by atoms with Gasteiger partial charge in [0.05, 0.1) is 0 Å². The zero-order valence-electron chi connectivity index (χ0n) is 7.03. The topological polar surface area (TPSA) is 0 Å². The van der Waals surface area contributed by atoms with Gasteiger partial charge in [0.1, 0.15) is 0 Å². The molecule has 3 heteroatoms. The SMILES string of the molecule is [I][Zr][I].c1cc[cH-]c1.c1cc[cH-]c1. The van der Waals surface area contributed by atoms with Gasteiger partial charge in [-0.3, -0.25) is 0 Å². The zero-order chi connectivity index (χ0) is 9.78. The van der Waals surface area contributed by atoms with Crippen molar-refractivity contribution in [3.05, 3.63) is 60.7 Å². The first-order valence-corrected chi connectivity index (χ1v) is 18.3. The number of hydrogen-bond donors (Lipinski definition) is 0. The molecule has 13 heavy (non-hydrogen) atoms. The van der Waals surface area contributed by atoms with E-state index in [0.29, 0.717) is 0 Å². The Morgan fingerprint density at radius 3 is 1.00 bits per heavy atom. The third-order valence-electron chi connectivity index (χ3n) is 1.11. The van der Waals surface area contributed by atoms with Gasteiger partial charge < -0.3 is 0 Å². The fraction of sp³-hybridized carbons (Fsp3) is 0. The van der Waals surface area contributed by atoms with Crippen molar-refractivity contribution in [3.8, 4) is 0 Å². The van der Waals surface area contributed by atoms with Gasteiger partial charge in [0.25, 0.3) is 0 Å². The summed E-state index contributed by atoms with van der Waals surface area (Å²) in [6, 6.07) is 20.0. The number of hydrogen-bond acceptors (Lipinski definition) is 0. The maximum atomic E-state index is 2.45. The summed E-state index contributed by atoms with van der Waals surface area (Å²) in [7, 11) is 0. The van der Waals surface area contributed by atoms with E-state index in [9.17, 15) is 0 Å². The molecule has 0 spiro atoms. The van der Waals surface area contributed by atoms with Crippen molar-refractivity contribution >= 4 is 36.1 Å². The Balaban J connectivity index is 0.000000174. The van der Waals surface area contributed by atoms with Crippen LogP contribution in [0.4, 0.5) is 0 Å². The standard InChI is InChI=1S/2C5H5.2HI.Zr/c2*1-2-4-5-3-1;;;/h2*1-5H;2*1H;/q2*-1;;;+2/p-2. The van der Waals surface area contributed by atoms with Gasteiger partial charge in [-0.25, -0.2) is 24.3 Å². The maximum absolute atomic E-state index is 2.45. The minimum Gasteiger partial charge on any atom is -0.214 e. The quantitative estimate of drug-likeness (QED) is 0.387. The van der Waals surface area contributed by atoms with E-state index in [-0.39, 0.29) is 14.9 Å². The molecule has 0 aliphatic rings. The Kier molecular flexibility index (Phi) is 14.1. The fourth-order valence-electron chi connectivity index (χ4n) is 0.642. The molecule has 0 radical (unpaired) electrons. The largest absolute Gasteiger partial charge is 0.214 e. The van der Waals surface area contributed by atoms with Crippen molar-refractivity contribution in [3.63, 3.8) is 0 Å². The Hall–Kier alpha value is 1.04. The van der Waals surface area contributed by atoms with Gasteiger partial charge in [-0.2, -0.15) is 36.4 Å². The molecule has 0 aromatic heterocycles. The molecular formula is C10H10I2Zr-2. The molecule has 0 fully saturated rings. The molecule has 0 aliphatic heterocycles. The van der Waals surface area contributed by atoms with Gasteiger partial charge in [0, 0.05) is 0 Å². The van der Waals surface area contributed by atoms with Crippen LogP contribution in [-0.2, 0) is 14.9 Å². The van der Waals surface area contributed by atoms with Crippen LogP contribution >= 0.6 is 36.1 Å². The molecule has 0 atom stereocenters. The number of rotatable bonds is 0. The van der Waals surface area contributed by atoms with Crippen LogP contribution in [0, 0.1) is 0 Å². The fourth-order valence-corrected chi connectivity index (χ4v) is 0.642. The first-order chi connectivity index (χ1) is 6.41. The summed E-state index contributed by atoms with van der Waals surface area (Å²) < 4.78 is 0. The molecule has 0 unspecified atom stereocenters. The maximum Gasteiger partial charge on any atom is -0.172 e. The zero-order valence-corrected chi connectivity index (χ0v) is 13.8. The molecule has 2 aromatic carbocycles. The van der Waals surface area contributed by atoms with E-state index >= 15 is 0 Å². The predicted molar refractivity (Wildman–Crippen MR) is 72.1 cm³/mol. The van der Waals surface area contributed by atoms with Crippen LogP contribution in [0.5, 0.6) is 0 Å². The van der Waals surface area contributed by atoms with Gasteiger partial charge in [0.2, 0.25) is 0 Å². The average Bonchev–Trinajstić information content (AvgIpc) is 2.85. The van der Waals surface area contributed by atoms with Crippen LogP contribution in [0.1, 0.15) is 0 Å². The summed E-state index contributed by atoms with van der Waals surface area (Å²) in [6.45, 7) is 0. The van der Waals surface area contributed by atoms with Crippen LogP contribution in [-0.4, -0.2) is 0 Å². The number of halogens is 2. The second-order valence-electron chi connectivity index (χ2n) is 2.00. The van der Waals surface area contributed by atoms with E-state index in [0.717, 1.165) is 0 Å². The van der Waals surface area contributed by atoms with Crippen molar-refractivity contribution in [2.45, 2.75) is 0 Å². The Morgan fingerprint density at radius 1 is 0.692 bits per heavy atom. The third-order valence-corrected chi connectivity index (χ3v) is 1.11. The molecule has 70 valence electrons. The van der Waals surface area contributed by atoms with Crippen molar-refractivity contribution in [1.82, 2.24) is 0 Å². The van der Waals surface area contributed by atoms with Crippen LogP contribution in [0.2, 0.25) is 0 Å². The predicted octanol–water partition coefficient (Wildman–Crippen LogP) is 4.58. The molecule has 0 saturated carbocycles. The molecular weight excluding hydrogens is 465 g/mol. The van der Waals surface area contributed by atoms with E-state index in [1.165, 1.54) is 0 Å². The summed E-state index contributed by atoms with van der Waals surface area (Å²) in [5, 5.41) is 0. The minimum atomic E-state index is 0.170. The van der Waals surface area contributed by atoms with E-state index < -0.39 is 0 Å². The first-order valence-electron chi connectivity index (χ1n) is 3.71. The molecule has 2 aromatic rings. The third kappa shape index (κ3) is 13.0. The van der Waals surface area contributed by atoms with Gasteiger partial charge >= 0.3 is 50.9 Å². The van der Waals surface area contributed by atoms with Crippen LogP contribution in [0.25, 0.3) is 0 Å². The van der Waals surface area contributed by atoms with Gasteiger partial charge in [-0.1, -0.05) is 0 Å². The van der Waals surface area contributed by atoms with E-state index in [2.05, 4.69) is 36.1 Å². The van der Waals surface area contributed by atoms with Crippen molar-refractivity contribution in [2.75, 3.05) is 0 Å². The van der Waals surface area contributed by atoms with E-state index in [1.54, 1.807) is 0 Å². The molecule has 0 aliphatic carbocycles. The normalized spacial score (nSPS) is 7.23. The van der Waals surface area contributed by atoms with Gasteiger partial charge in [-0.15, -0.1) is 0 Å². The van der Waals surface area contributed by atoms with Gasteiger partial charge in [0.15, 0.2) is 0 Å². The molecule has 0 nitrogen and oxygen atoms in total. The summed E-state index contributed by atoms with van der Waals surface area (Å²) in [5.41, 5.74) is 0. The minimum absolute atomic E-state index is 0.170.